The lowest BCUT2D eigenvalue weighted by molar-refractivity contribution is 0.0882. The molecule has 2 aromatic carbocycles. The number of hydrogen-bond acceptors (Lipinski definition) is 2. The summed E-state index contributed by atoms with van der Waals surface area (Å²) in [5.41, 5.74) is 9.64. The van der Waals surface area contributed by atoms with Crippen LogP contribution in [-0.4, -0.2) is 13.2 Å². The van der Waals surface area contributed by atoms with Crippen LogP contribution in [0.5, 0.6) is 0 Å². The quantitative estimate of drug-likeness (QED) is 0.225. The molecular formula is C36H51NO. The first-order valence-electron chi connectivity index (χ1n) is 14.3. The van der Waals surface area contributed by atoms with E-state index in [1.54, 1.807) is 0 Å². The molecule has 38 heavy (non-hydrogen) atoms. The highest BCUT2D eigenvalue weighted by molar-refractivity contribution is 5.29. The van der Waals surface area contributed by atoms with Crippen LogP contribution in [0.2, 0.25) is 0 Å². The fraction of sp³-hybridized carbons (Fsp3) is 0.444. The molecule has 0 heterocycles. The molecule has 2 rings (SSSR count). The van der Waals surface area contributed by atoms with Gasteiger partial charge in [-0.3, -0.25) is 0 Å². The highest BCUT2D eigenvalue weighted by Gasteiger charge is 2.06. The van der Waals surface area contributed by atoms with Crippen molar-refractivity contribution in [3.8, 4) is 0 Å². The number of ether oxygens (including phenoxy) is 1. The molecule has 0 amide bonds. The van der Waals surface area contributed by atoms with E-state index in [1.165, 1.54) is 39.0 Å². The third-order valence-corrected chi connectivity index (χ3v) is 6.98. The molecule has 2 heteroatoms. The molecule has 0 radical (unpaired) electrons. The summed E-state index contributed by atoms with van der Waals surface area (Å²) in [4.78, 5) is 0. The minimum atomic E-state index is 0.120. The lowest BCUT2D eigenvalue weighted by Crippen LogP contribution is -2.18. The van der Waals surface area contributed by atoms with Gasteiger partial charge < -0.3 is 10.1 Å². The molecule has 1 N–H and O–H groups in total. The molecule has 0 unspecified atom stereocenters. The van der Waals surface area contributed by atoms with Crippen LogP contribution in [0.25, 0.3) is 0 Å². The minimum absolute atomic E-state index is 0.120. The van der Waals surface area contributed by atoms with Gasteiger partial charge in [-0.1, -0.05) is 101 Å². The van der Waals surface area contributed by atoms with E-state index in [9.17, 15) is 0 Å². The maximum Gasteiger partial charge on any atom is 0.0801 e. The zero-order valence-electron chi connectivity index (χ0n) is 25.0. The molecule has 0 fully saturated rings. The molecule has 0 saturated heterocycles. The van der Waals surface area contributed by atoms with E-state index < -0.39 is 0 Å². The SMILES string of the molecule is CC(C)=CCC/C(C)=C/CN[C@H](C)c1cccc(C/C(C)=C/CC/C(C)=C/CO[C@H](C)c2ccccc2)c1. The van der Waals surface area contributed by atoms with E-state index in [0.717, 1.165) is 38.6 Å². The second-order valence-electron chi connectivity index (χ2n) is 10.9. The van der Waals surface area contributed by atoms with Gasteiger partial charge in [0.05, 0.1) is 12.7 Å². The maximum atomic E-state index is 5.99. The predicted octanol–water partition coefficient (Wildman–Crippen LogP) is 10.0. The van der Waals surface area contributed by atoms with Crippen molar-refractivity contribution >= 4 is 0 Å². The molecule has 2 aromatic rings. The zero-order chi connectivity index (χ0) is 27.8. The molecule has 0 spiro atoms. The van der Waals surface area contributed by atoms with Gasteiger partial charge in [-0.15, -0.1) is 0 Å². The summed E-state index contributed by atoms with van der Waals surface area (Å²) in [7, 11) is 0. The van der Waals surface area contributed by atoms with Gasteiger partial charge in [0.2, 0.25) is 0 Å². The zero-order valence-corrected chi connectivity index (χ0v) is 25.0. The normalized spacial score (nSPS) is 14.3. The summed E-state index contributed by atoms with van der Waals surface area (Å²) in [6.07, 6.45) is 14.8. The van der Waals surface area contributed by atoms with Crippen molar-refractivity contribution in [2.24, 2.45) is 0 Å². The summed E-state index contributed by atoms with van der Waals surface area (Å²) in [6, 6.07) is 19.8. The largest absolute Gasteiger partial charge is 0.370 e. The Kier molecular flexibility index (Phi) is 14.7. The molecule has 0 aliphatic heterocycles. The fourth-order valence-electron chi connectivity index (χ4n) is 4.39. The van der Waals surface area contributed by atoms with Crippen LogP contribution < -0.4 is 5.32 Å². The number of rotatable bonds is 16. The highest BCUT2D eigenvalue weighted by Crippen LogP contribution is 2.19. The summed E-state index contributed by atoms with van der Waals surface area (Å²) in [5.74, 6) is 0. The molecule has 2 atom stereocenters. The van der Waals surface area contributed by atoms with Crippen LogP contribution in [0.4, 0.5) is 0 Å². The lowest BCUT2D eigenvalue weighted by Gasteiger charge is -2.15. The Bertz CT molecular complexity index is 1070. The number of nitrogens with one attached hydrogen (secondary N) is 1. The van der Waals surface area contributed by atoms with Crippen molar-refractivity contribution in [2.75, 3.05) is 13.2 Å². The van der Waals surface area contributed by atoms with Crippen LogP contribution in [-0.2, 0) is 11.2 Å². The second-order valence-corrected chi connectivity index (χ2v) is 10.9. The van der Waals surface area contributed by atoms with Crippen molar-refractivity contribution in [3.63, 3.8) is 0 Å². The van der Waals surface area contributed by atoms with E-state index in [1.807, 2.05) is 6.07 Å². The molecule has 0 aliphatic rings. The molecule has 206 valence electrons. The fourth-order valence-corrected chi connectivity index (χ4v) is 4.39. The van der Waals surface area contributed by atoms with Gasteiger partial charge in [-0.05, 0) is 97.3 Å². The van der Waals surface area contributed by atoms with Crippen LogP contribution in [0.3, 0.4) is 0 Å². The van der Waals surface area contributed by atoms with Crippen LogP contribution in [0, 0.1) is 0 Å². The van der Waals surface area contributed by atoms with Crippen LogP contribution in [0.15, 0.2) is 101 Å². The first kappa shape index (κ1) is 31.5. The molecule has 0 aliphatic carbocycles. The van der Waals surface area contributed by atoms with E-state index >= 15 is 0 Å². The second kappa shape index (κ2) is 17.8. The van der Waals surface area contributed by atoms with E-state index in [2.05, 4.69) is 127 Å². The first-order chi connectivity index (χ1) is 18.2. The first-order valence-corrected chi connectivity index (χ1v) is 14.3. The van der Waals surface area contributed by atoms with Crippen molar-refractivity contribution in [1.82, 2.24) is 5.32 Å². The Morgan fingerprint density at radius 3 is 2.11 bits per heavy atom. The van der Waals surface area contributed by atoms with Gasteiger partial charge >= 0.3 is 0 Å². The smallest absolute Gasteiger partial charge is 0.0801 e. The van der Waals surface area contributed by atoms with E-state index in [-0.39, 0.29) is 6.10 Å². The summed E-state index contributed by atoms with van der Waals surface area (Å²) >= 11 is 0. The van der Waals surface area contributed by atoms with Gasteiger partial charge in [-0.25, -0.2) is 0 Å². The highest BCUT2D eigenvalue weighted by atomic mass is 16.5. The summed E-state index contributed by atoms with van der Waals surface area (Å²) in [6.45, 7) is 17.0. The standard InChI is InChI=1S/C36H51NO/c1-28(2)14-11-15-29(3)22-24-37-32(6)36-21-13-18-34(27-36)26-31(5)17-12-16-30(4)23-25-38-33(7)35-19-9-8-10-20-35/h8-10,13-14,17-23,27,32-33,37H,11-12,15-16,24-26H2,1-7H3/b29-22+,30-23+,31-17+/t32-,33-/m1/s1. The molecule has 0 saturated carbocycles. The number of benzene rings is 2. The third-order valence-electron chi connectivity index (χ3n) is 6.98. The Balaban J connectivity index is 1.75. The minimum Gasteiger partial charge on any atom is -0.370 e. The van der Waals surface area contributed by atoms with Gasteiger partial charge in [0.1, 0.15) is 0 Å². The summed E-state index contributed by atoms with van der Waals surface area (Å²) < 4.78 is 5.99. The van der Waals surface area contributed by atoms with Crippen molar-refractivity contribution in [2.45, 2.75) is 92.7 Å². The molecule has 0 aromatic heterocycles. The van der Waals surface area contributed by atoms with Gasteiger partial charge in [0.25, 0.3) is 0 Å². The summed E-state index contributed by atoms with van der Waals surface area (Å²) in [5, 5.41) is 3.67. The third kappa shape index (κ3) is 13.2. The monoisotopic (exact) mass is 513 g/mol. The van der Waals surface area contributed by atoms with Crippen LogP contribution >= 0.6 is 0 Å². The van der Waals surface area contributed by atoms with Gasteiger partial charge in [-0.2, -0.15) is 0 Å². The van der Waals surface area contributed by atoms with E-state index in [4.69, 9.17) is 4.74 Å². The maximum absolute atomic E-state index is 5.99. The van der Waals surface area contributed by atoms with Crippen molar-refractivity contribution < 1.29 is 4.74 Å². The molecule has 2 nitrogen and oxygen atoms in total. The number of allylic oxidation sites excluding steroid dienone is 6. The Morgan fingerprint density at radius 2 is 1.39 bits per heavy atom. The lowest BCUT2D eigenvalue weighted by atomic mass is 9.99. The Morgan fingerprint density at radius 1 is 0.737 bits per heavy atom. The van der Waals surface area contributed by atoms with Crippen LogP contribution in [0.1, 0.15) is 103 Å². The van der Waals surface area contributed by atoms with Gasteiger partial charge in [0.15, 0.2) is 0 Å². The number of hydrogen-bond donors (Lipinski definition) is 1. The average Bonchev–Trinajstić information content (AvgIpc) is 2.89. The Hall–Kier alpha value is -2.68. The van der Waals surface area contributed by atoms with Crippen molar-refractivity contribution in [3.05, 3.63) is 118 Å². The topological polar surface area (TPSA) is 21.3 Å². The Labute approximate surface area is 233 Å². The van der Waals surface area contributed by atoms with Crippen molar-refractivity contribution in [1.29, 1.82) is 0 Å². The molecule has 0 bridgehead atoms. The van der Waals surface area contributed by atoms with E-state index in [0.29, 0.717) is 12.6 Å². The molecular weight excluding hydrogens is 462 g/mol. The predicted molar refractivity (Wildman–Crippen MR) is 167 cm³/mol. The van der Waals surface area contributed by atoms with Gasteiger partial charge in [0, 0.05) is 12.6 Å². The average molecular weight is 514 g/mol.